The minimum absolute atomic E-state index is 0.00467. The Kier molecular flexibility index (Phi) is 9.14. The van der Waals surface area contributed by atoms with Gasteiger partial charge in [-0.15, -0.1) is 0 Å². The van der Waals surface area contributed by atoms with Crippen molar-refractivity contribution >= 4 is 5.69 Å². The molecule has 3 aromatic rings. The Morgan fingerprint density at radius 2 is 1.46 bits per heavy atom. The van der Waals surface area contributed by atoms with Crippen molar-refractivity contribution in [1.82, 2.24) is 9.80 Å². The van der Waals surface area contributed by atoms with Crippen molar-refractivity contribution in [2.24, 2.45) is 0 Å². The largest absolute Gasteiger partial charge is 0.395 e. The molecule has 37 heavy (non-hydrogen) atoms. The lowest BCUT2D eigenvalue weighted by Gasteiger charge is -2.40. The second kappa shape index (κ2) is 12.5. The summed E-state index contributed by atoms with van der Waals surface area (Å²) >= 11 is 0. The van der Waals surface area contributed by atoms with Gasteiger partial charge in [-0.3, -0.25) is 14.6 Å². The summed E-state index contributed by atoms with van der Waals surface area (Å²) in [6, 6.07) is 23.7. The van der Waals surface area contributed by atoms with Crippen LogP contribution in [0.25, 0.3) is 0 Å². The first-order valence-electron chi connectivity index (χ1n) is 13.5. The van der Waals surface area contributed by atoms with Crippen LogP contribution >= 0.6 is 0 Å². The number of nitrogens with one attached hydrogen (secondary N) is 1. The molecule has 1 fully saturated rings. The zero-order valence-corrected chi connectivity index (χ0v) is 22.7. The van der Waals surface area contributed by atoms with Crippen LogP contribution in [-0.2, 0) is 6.54 Å². The van der Waals surface area contributed by atoms with E-state index in [-0.39, 0.29) is 18.1 Å². The Balaban J connectivity index is 1.55. The van der Waals surface area contributed by atoms with Gasteiger partial charge < -0.3 is 10.4 Å². The molecule has 0 unspecified atom stereocenters. The third kappa shape index (κ3) is 6.48. The fourth-order valence-corrected chi connectivity index (χ4v) is 5.30. The van der Waals surface area contributed by atoms with E-state index < -0.39 is 0 Å². The number of piperazine rings is 1. The highest BCUT2D eigenvalue weighted by molar-refractivity contribution is 5.48. The minimum Gasteiger partial charge on any atom is -0.395 e. The Labute approximate surface area is 221 Å². The number of anilines is 1. The van der Waals surface area contributed by atoms with Gasteiger partial charge in [0, 0.05) is 44.8 Å². The molecule has 0 spiro atoms. The minimum atomic E-state index is -0.00467. The van der Waals surface area contributed by atoms with Crippen LogP contribution in [0.15, 0.2) is 71.5 Å². The first kappa shape index (κ1) is 27.1. The molecule has 0 saturated carbocycles. The van der Waals surface area contributed by atoms with E-state index in [2.05, 4.69) is 97.4 Å². The average Bonchev–Trinajstić information content (AvgIpc) is 3.05. The van der Waals surface area contributed by atoms with Crippen molar-refractivity contribution in [2.75, 3.05) is 44.6 Å². The van der Waals surface area contributed by atoms with Gasteiger partial charge in [0.1, 0.15) is 0 Å². The molecule has 0 atom stereocenters. The highest BCUT2D eigenvalue weighted by Crippen LogP contribution is 2.33. The van der Waals surface area contributed by atoms with Gasteiger partial charge in [-0.2, -0.15) is 0 Å². The SMILES string of the molecule is Cc1ccccc1C(c1ccccc1C)N1CCN(Cc2ccc(C(C)C)cc(NCCO)c2=O)CC1. The molecule has 2 N–H and O–H groups in total. The summed E-state index contributed by atoms with van der Waals surface area (Å²) in [6.45, 7) is 13.4. The molecule has 0 radical (unpaired) electrons. The fourth-order valence-electron chi connectivity index (χ4n) is 5.30. The predicted octanol–water partition coefficient (Wildman–Crippen LogP) is 5.10. The van der Waals surface area contributed by atoms with Crippen molar-refractivity contribution in [3.8, 4) is 0 Å². The van der Waals surface area contributed by atoms with Crippen LogP contribution in [-0.4, -0.2) is 54.2 Å². The molecule has 0 amide bonds. The summed E-state index contributed by atoms with van der Waals surface area (Å²) in [5, 5.41) is 12.4. The number of hydrogen-bond acceptors (Lipinski definition) is 5. The third-order valence-electron chi connectivity index (χ3n) is 7.55. The standard InChI is InChI=1S/C32H41N3O2/c1-23(2)26-13-14-27(32(37)30(21-26)33-15-20-36)22-34-16-18-35(19-17-34)31(28-11-7-5-9-24(28)3)29-12-8-6-10-25(29)4/h5-14,21,23,31,36H,15-20,22H2,1-4H3,(H,33,37). The third-order valence-corrected chi connectivity index (χ3v) is 7.55. The van der Waals surface area contributed by atoms with E-state index in [0.717, 1.165) is 37.3 Å². The smallest absolute Gasteiger partial charge is 0.206 e. The van der Waals surface area contributed by atoms with Crippen LogP contribution in [0.3, 0.4) is 0 Å². The molecular weight excluding hydrogens is 458 g/mol. The van der Waals surface area contributed by atoms with Crippen molar-refractivity contribution in [3.05, 3.63) is 110 Å². The maximum atomic E-state index is 13.4. The Hall–Kier alpha value is -2.99. The molecule has 3 aromatic carbocycles. The molecule has 5 heteroatoms. The maximum absolute atomic E-state index is 13.4. The van der Waals surface area contributed by atoms with Crippen LogP contribution in [0.2, 0.25) is 0 Å². The molecule has 1 aliphatic heterocycles. The van der Waals surface area contributed by atoms with Crippen LogP contribution < -0.4 is 10.7 Å². The Bertz CT molecular complexity index is 1200. The molecule has 0 aromatic heterocycles. The first-order valence-corrected chi connectivity index (χ1v) is 13.5. The van der Waals surface area contributed by atoms with Crippen LogP contribution in [0.5, 0.6) is 0 Å². The van der Waals surface area contributed by atoms with E-state index in [4.69, 9.17) is 0 Å². The van der Waals surface area contributed by atoms with E-state index in [9.17, 15) is 9.90 Å². The number of aliphatic hydroxyl groups is 1. The normalized spacial score (nSPS) is 14.9. The monoisotopic (exact) mass is 499 g/mol. The summed E-state index contributed by atoms with van der Waals surface area (Å²) in [7, 11) is 0. The Morgan fingerprint density at radius 1 is 0.865 bits per heavy atom. The van der Waals surface area contributed by atoms with Gasteiger partial charge in [0.05, 0.1) is 18.3 Å². The van der Waals surface area contributed by atoms with Gasteiger partial charge in [-0.1, -0.05) is 74.5 Å². The molecule has 1 heterocycles. The highest BCUT2D eigenvalue weighted by atomic mass is 16.3. The lowest BCUT2D eigenvalue weighted by molar-refractivity contribution is 0.104. The molecule has 0 aliphatic carbocycles. The second-order valence-corrected chi connectivity index (χ2v) is 10.5. The quantitative estimate of drug-likeness (QED) is 0.429. The van der Waals surface area contributed by atoms with Crippen molar-refractivity contribution < 1.29 is 5.11 Å². The maximum Gasteiger partial charge on any atom is 0.206 e. The molecule has 1 saturated heterocycles. The van der Waals surface area contributed by atoms with Gasteiger partial charge in [-0.25, -0.2) is 0 Å². The van der Waals surface area contributed by atoms with E-state index in [1.54, 1.807) is 0 Å². The molecule has 1 aliphatic rings. The summed E-state index contributed by atoms with van der Waals surface area (Å²) < 4.78 is 0. The number of aryl methyl sites for hydroxylation is 2. The summed E-state index contributed by atoms with van der Waals surface area (Å²) in [5.74, 6) is 0.317. The predicted molar refractivity (Wildman–Crippen MR) is 153 cm³/mol. The van der Waals surface area contributed by atoms with Crippen molar-refractivity contribution in [3.63, 3.8) is 0 Å². The molecule has 196 valence electrons. The van der Waals surface area contributed by atoms with Crippen LogP contribution in [0.4, 0.5) is 5.69 Å². The highest BCUT2D eigenvalue weighted by Gasteiger charge is 2.28. The number of rotatable bonds is 9. The van der Waals surface area contributed by atoms with Crippen molar-refractivity contribution in [2.45, 2.75) is 46.2 Å². The van der Waals surface area contributed by atoms with E-state index in [1.165, 1.54) is 22.3 Å². The van der Waals surface area contributed by atoms with Crippen LogP contribution in [0.1, 0.15) is 59.2 Å². The molecular formula is C32H41N3O2. The average molecular weight is 500 g/mol. The van der Waals surface area contributed by atoms with Crippen LogP contribution in [0, 0.1) is 13.8 Å². The molecule has 4 rings (SSSR count). The number of nitrogens with zero attached hydrogens (tertiary/aromatic N) is 2. The molecule has 0 bridgehead atoms. The Morgan fingerprint density at radius 3 is 2.00 bits per heavy atom. The lowest BCUT2D eigenvalue weighted by Crippen LogP contribution is -2.48. The topological polar surface area (TPSA) is 55.8 Å². The summed E-state index contributed by atoms with van der Waals surface area (Å²) in [5.41, 5.74) is 7.88. The van der Waals surface area contributed by atoms with Gasteiger partial charge >= 0.3 is 0 Å². The van der Waals surface area contributed by atoms with E-state index in [1.807, 2.05) is 12.1 Å². The lowest BCUT2D eigenvalue weighted by atomic mass is 9.90. The zero-order valence-electron chi connectivity index (χ0n) is 22.7. The van der Waals surface area contributed by atoms with Gasteiger partial charge in [0.2, 0.25) is 5.43 Å². The number of benzene rings is 2. The van der Waals surface area contributed by atoms with Gasteiger partial charge in [-0.05, 0) is 53.6 Å². The molecule has 5 nitrogen and oxygen atoms in total. The first-order chi connectivity index (χ1) is 17.9. The second-order valence-electron chi connectivity index (χ2n) is 10.5. The zero-order chi connectivity index (χ0) is 26.4. The van der Waals surface area contributed by atoms with Gasteiger partial charge in [0.15, 0.2) is 0 Å². The summed E-state index contributed by atoms with van der Waals surface area (Å²) in [6.07, 6.45) is 0. The number of hydrogen-bond donors (Lipinski definition) is 2. The van der Waals surface area contributed by atoms with E-state index >= 15 is 0 Å². The number of aliphatic hydroxyl groups excluding tert-OH is 1. The van der Waals surface area contributed by atoms with E-state index in [0.29, 0.717) is 24.7 Å². The van der Waals surface area contributed by atoms with Crippen molar-refractivity contribution in [1.29, 1.82) is 0 Å². The summed E-state index contributed by atoms with van der Waals surface area (Å²) in [4.78, 5) is 18.3. The van der Waals surface area contributed by atoms with Gasteiger partial charge in [0.25, 0.3) is 0 Å². The fraction of sp³-hybridized carbons (Fsp3) is 0.406.